The predicted molar refractivity (Wildman–Crippen MR) is 121 cm³/mol. The third-order valence-electron chi connectivity index (χ3n) is 6.19. The van der Waals surface area contributed by atoms with Crippen molar-refractivity contribution in [2.24, 2.45) is 0 Å². The van der Waals surface area contributed by atoms with Crippen molar-refractivity contribution in [1.29, 1.82) is 0 Å². The molecule has 0 saturated carbocycles. The Morgan fingerprint density at radius 1 is 0.774 bits per heavy atom. The number of aromatic nitrogens is 1. The minimum absolute atomic E-state index is 0.225. The number of esters is 1. The second-order valence-corrected chi connectivity index (χ2v) is 8.02. The summed E-state index contributed by atoms with van der Waals surface area (Å²) in [4.78, 5) is 29.4. The van der Waals surface area contributed by atoms with Gasteiger partial charge >= 0.3 is 11.9 Å². The van der Waals surface area contributed by atoms with Gasteiger partial charge in [0.2, 0.25) is 0 Å². The molecule has 0 saturated heterocycles. The minimum Gasteiger partial charge on any atom is -0.478 e. The van der Waals surface area contributed by atoms with E-state index >= 15 is 0 Å². The topological polar surface area (TPSA) is 76.5 Å². The molecule has 0 fully saturated rings. The number of carboxylic acid groups (broad SMARTS) is 1. The number of hydrogen-bond donors (Lipinski definition) is 1. The van der Waals surface area contributed by atoms with Crippen molar-refractivity contribution in [3.8, 4) is 16.9 Å². The van der Waals surface area contributed by atoms with Crippen LogP contribution in [0.15, 0.2) is 30.6 Å². The molecule has 3 rings (SSSR count). The summed E-state index contributed by atoms with van der Waals surface area (Å²) in [6.45, 7) is 13.1. The number of carbonyl (C=O) groups is 2. The highest BCUT2D eigenvalue weighted by atomic mass is 16.5. The van der Waals surface area contributed by atoms with Crippen LogP contribution in [0.2, 0.25) is 0 Å². The molecule has 5 nitrogen and oxygen atoms in total. The standard InChI is InChI=1S/C26H27NO4/c1-13-12-14(2)21(16(4)15(13)3)26(30)31-24-18(6)17(5)22(25(28)29)19(7)23(24)20-8-10-27-11-9-20/h8-12H,1-7H3,(H,28,29). The fraction of sp³-hybridized carbons (Fsp3) is 0.269. The van der Waals surface area contributed by atoms with Crippen LogP contribution in [0.3, 0.4) is 0 Å². The van der Waals surface area contributed by atoms with Crippen LogP contribution in [0.4, 0.5) is 0 Å². The van der Waals surface area contributed by atoms with Crippen molar-refractivity contribution in [3.63, 3.8) is 0 Å². The summed E-state index contributed by atoms with van der Waals surface area (Å²) < 4.78 is 6.02. The second kappa shape index (κ2) is 8.34. The van der Waals surface area contributed by atoms with Crippen molar-refractivity contribution in [2.75, 3.05) is 0 Å². The second-order valence-electron chi connectivity index (χ2n) is 8.02. The molecule has 0 aliphatic heterocycles. The summed E-state index contributed by atoms with van der Waals surface area (Å²) in [5.41, 5.74) is 7.79. The average molecular weight is 418 g/mol. The van der Waals surface area contributed by atoms with Crippen LogP contribution < -0.4 is 4.74 Å². The third kappa shape index (κ3) is 3.83. The Bertz CT molecular complexity index is 1210. The normalized spacial score (nSPS) is 10.8. The lowest BCUT2D eigenvalue weighted by Gasteiger charge is -2.21. The highest BCUT2D eigenvalue weighted by Crippen LogP contribution is 2.41. The molecular weight excluding hydrogens is 390 g/mol. The molecule has 0 spiro atoms. The van der Waals surface area contributed by atoms with Gasteiger partial charge in [-0.25, -0.2) is 9.59 Å². The van der Waals surface area contributed by atoms with Crippen LogP contribution in [-0.4, -0.2) is 22.0 Å². The van der Waals surface area contributed by atoms with Crippen molar-refractivity contribution >= 4 is 11.9 Å². The molecular formula is C26H27NO4. The molecule has 0 atom stereocenters. The highest BCUT2D eigenvalue weighted by Gasteiger charge is 2.26. The number of aryl methyl sites for hydroxylation is 2. The molecule has 2 aromatic carbocycles. The van der Waals surface area contributed by atoms with E-state index in [1.165, 1.54) is 0 Å². The van der Waals surface area contributed by atoms with E-state index in [4.69, 9.17) is 4.74 Å². The van der Waals surface area contributed by atoms with Crippen molar-refractivity contribution in [2.45, 2.75) is 48.5 Å². The highest BCUT2D eigenvalue weighted by molar-refractivity contribution is 5.99. The van der Waals surface area contributed by atoms with Gasteiger partial charge in [0, 0.05) is 18.0 Å². The fourth-order valence-electron chi connectivity index (χ4n) is 4.18. The van der Waals surface area contributed by atoms with Gasteiger partial charge in [0.15, 0.2) is 0 Å². The Labute approximate surface area is 182 Å². The van der Waals surface area contributed by atoms with Crippen LogP contribution >= 0.6 is 0 Å². The van der Waals surface area contributed by atoms with Gasteiger partial charge in [-0.1, -0.05) is 6.07 Å². The lowest BCUT2D eigenvalue weighted by atomic mass is 9.89. The molecule has 0 unspecified atom stereocenters. The summed E-state index contributed by atoms with van der Waals surface area (Å²) in [5.74, 6) is -1.07. The van der Waals surface area contributed by atoms with Crippen molar-refractivity contribution < 1.29 is 19.4 Å². The molecule has 3 aromatic rings. The molecule has 160 valence electrons. The van der Waals surface area contributed by atoms with E-state index in [9.17, 15) is 14.7 Å². The van der Waals surface area contributed by atoms with E-state index in [0.29, 0.717) is 33.6 Å². The summed E-state index contributed by atoms with van der Waals surface area (Å²) in [6.07, 6.45) is 3.27. The van der Waals surface area contributed by atoms with Gasteiger partial charge in [-0.05, 0) is 105 Å². The van der Waals surface area contributed by atoms with E-state index in [-0.39, 0.29) is 5.56 Å². The van der Waals surface area contributed by atoms with Gasteiger partial charge in [0.25, 0.3) is 0 Å². The van der Waals surface area contributed by atoms with E-state index in [1.54, 1.807) is 45.3 Å². The first-order valence-corrected chi connectivity index (χ1v) is 10.1. The number of carboxylic acids is 1. The molecule has 0 aliphatic carbocycles. The average Bonchev–Trinajstić information content (AvgIpc) is 2.70. The number of rotatable bonds is 4. The molecule has 0 bridgehead atoms. The van der Waals surface area contributed by atoms with Gasteiger partial charge in [0.1, 0.15) is 5.75 Å². The summed E-state index contributed by atoms with van der Waals surface area (Å²) in [6, 6.07) is 5.55. The first-order chi connectivity index (χ1) is 14.6. The molecule has 0 aliphatic rings. The number of pyridine rings is 1. The Balaban J connectivity index is 2.26. The van der Waals surface area contributed by atoms with Crippen molar-refractivity contribution in [3.05, 3.63) is 80.7 Å². The lowest BCUT2D eigenvalue weighted by molar-refractivity contribution is 0.0694. The summed E-state index contributed by atoms with van der Waals surface area (Å²) >= 11 is 0. The van der Waals surface area contributed by atoms with E-state index < -0.39 is 11.9 Å². The van der Waals surface area contributed by atoms with Crippen molar-refractivity contribution in [1.82, 2.24) is 4.98 Å². The SMILES string of the molecule is Cc1cc(C)c(C(=O)Oc2c(C)c(C)c(C(=O)O)c(C)c2-c2ccncc2)c(C)c1C. The Kier molecular flexibility index (Phi) is 5.98. The van der Waals surface area contributed by atoms with Crippen LogP contribution in [0, 0.1) is 48.5 Å². The zero-order valence-electron chi connectivity index (χ0n) is 19.0. The number of benzene rings is 2. The van der Waals surface area contributed by atoms with Gasteiger partial charge in [0.05, 0.1) is 11.1 Å². The number of ether oxygens (including phenoxy) is 1. The maximum absolute atomic E-state index is 13.3. The minimum atomic E-state index is -1.01. The Morgan fingerprint density at radius 3 is 1.94 bits per heavy atom. The maximum atomic E-state index is 13.3. The quantitative estimate of drug-likeness (QED) is 0.427. The van der Waals surface area contributed by atoms with E-state index in [2.05, 4.69) is 4.98 Å². The number of carbonyl (C=O) groups excluding carboxylic acids is 1. The summed E-state index contributed by atoms with van der Waals surface area (Å²) in [7, 11) is 0. The zero-order chi connectivity index (χ0) is 23.0. The number of hydrogen-bond acceptors (Lipinski definition) is 4. The maximum Gasteiger partial charge on any atom is 0.344 e. The fourth-order valence-corrected chi connectivity index (χ4v) is 4.18. The Hall–Kier alpha value is -3.47. The monoisotopic (exact) mass is 417 g/mol. The number of nitrogens with zero attached hydrogens (tertiary/aromatic N) is 1. The largest absolute Gasteiger partial charge is 0.478 e. The molecule has 0 amide bonds. The van der Waals surface area contributed by atoms with Crippen LogP contribution in [0.1, 0.15) is 59.7 Å². The van der Waals surface area contributed by atoms with Crippen LogP contribution in [0.25, 0.3) is 11.1 Å². The molecule has 5 heteroatoms. The molecule has 1 N–H and O–H groups in total. The molecule has 1 heterocycles. The van der Waals surface area contributed by atoms with E-state index in [0.717, 1.165) is 27.8 Å². The lowest BCUT2D eigenvalue weighted by Crippen LogP contribution is -2.16. The Morgan fingerprint density at radius 2 is 1.35 bits per heavy atom. The van der Waals surface area contributed by atoms with Crippen LogP contribution in [-0.2, 0) is 0 Å². The van der Waals surface area contributed by atoms with Gasteiger partial charge < -0.3 is 9.84 Å². The number of aromatic carboxylic acids is 1. The van der Waals surface area contributed by atoms with Gasteiger partial charge in [-0.2, -0.15) is 0 Å². The van der Waals surface area contributed by atoms with Crippen LogP contribution in [0.5, 0.6) is 5.75 Å². The van der Waals surface area contributed by atoms with Gasteiger partial charge in [-0.3, -0.25) is 4.98 Å². The molecule has 1 aromatic heterocycles. The third-order valence-corrected chi connectivity index (χ3v) is 6.19. The smallest absolute Gasteiger partial charge is 0.344 e. The zero-order valence-corrected chi connectivity index (χ0v) is 19.0. The predicted octanol–water partition coefficient (Wildman–Crippen LogP) is 5.82. The molecule has 0 radical (unpaired) electrons. The van der Waals surface area contributed by atoms with E-state index in [1.807, 2.05) is 33.8 Å². The summed E-state index contributed by atoms with van der Waals surface area (Å²) in [5, 5.41) is 9.80. The molecule has 31 heavy (non-hydrogen) atoms. The van der Waals surface area contributed by atoms with Gasteiger partial charge in [-0.15, -0.1) is 0 Å². The first-order valence-electron chi connectivity index (χ1n) is 10.1. The first kappa shape index (κ1) is 22.2.